The van der Waals surface area contributed by atoms with Gasteiger partial charge in [0.1, 0.15) is 17.5 Å². The normalized spacial score (nSPS) is 34.4. The van der Waals surface area contributed by atoms with Crippen LogP contribution in [0.15, 0.2) is 60.7 Å². The standard InChI is InChI=1S/C32H35ClFN3O4/c1-17-8-7-11-24(18(17)2)36-30(39)28-32-15-14-25(41-32)26(29(38)35-21-12-13-23(34)22(33)16-21)27(32)31(40)37(28)19(3)20-9-5-4-6-10-20/h4-6,9-10,12-19,24-28H,7-8,11H2,1-3H3,(H,35,38)(H,36,39)/t17-,18+,19-,24+,25-,26-,27-,28+,32+/m1/s1. The van der Waals surface area contributed by atoms with Gasteiger partial charge in [-0.25, -0.2) is 4.39 Å². The van der Waals surface area contributed by atoms with Gasteiger partial charge in [0.2, 0.25) is 17.7 Å². The van der Waals surface area contributed by atoms with E-state index in [0.717, 1.165) is 24.8 Å². The number of nitrogens with one attached hydrogen (secondary N) is 2. The van der Waals surface area contributed by atoms with Crippen molar-refractivity contribution in [3.05, 3.63) is 77.1 Å². The van der Waals surface area contributed by atoms with Gasteiger partial charge in [0.25, 0.3) is 0 Å². The van der Waals surface area contributed by atoms with Gasteiger partial charge in [0.05, 0.1) is 29.0 Å². The molecule has 1 aliphatic carbocycles. The summed E-state index contributed by atoms with van der Waals surface area (Å²) in [5, 5.41) is 5.95. The fourth-order valence-corrected chi connectivity index (χ4v) is 7.54. The van der Waals surface area contributed by atoms with Crippen LogP contribution in [0.2, 0.25) is 5.02 Å². The van der Waals surface area contributed by atoms with Gasteiger partial charge in [-0.3, -0.25) is 14.4 Å². The summed E-state index contributed by atoms with van der Waals surface area (Å²) >= 11 is 5.93. The van der Waals surface area contributed by atoms with E-state index in [1.807, 2.05) is 43.3 Å². The number of ether oxygens (including phenoxy) is 1. The second kappa shape index (κ2) is 10.6. The number of hydrogen-bond acceptors (Lipinski definition) is 4. The van der Waals surface area contributed by atoms with Crippen LogP contribution in [0.3, 0.4) is 0 Å². The number of carbonyl (C=O) groups excluding carboxylic acids is 3. The summed E-state index contributed by atoms with van der Waals surface area (Å²) in [5.41, 5.74) is -0.0760. The number of nitrogens with zero attached hydrogens (tertiary/aromatic N) is 1. The molecule has 0 radical (unpaired) electrons. The largest absolute Gasteiger partial charge is 0.359 e. The van der Waals surface area contributed by atoms with Crippen molar-refractivity contribution in [1.29, 1.82) is 0 Å². The number of amides is 3. The molecule has 0 unspecified atom stereocenters. The van der Waals surface area contributed by atoms with Crippen LogP contribution in [0.1, 0.15) is 51.6 Å². The molecule has 3 amide bonds. The molecule has 2 saturated heterocycles. The van der Waals surface area contributed by atoms with Crippen molar-refractivity contribution >= 4 is 35.0 Å². The van der Waals surface area contributed by atoms with Gasteiger partial charge < -0.3 is 20.3 Å². The number of anilines is 1. The SMILES string of the molecule is C[C@H]1[C@H](C)CCC[C@@H]1NC(=O)[C@@H]1N([C@H](C)c2ccccc2)C(=O)[C@H]2[C@H](C(=O)Nc3ccc(F)c(Cl)c3)[C@H]3C=C[C@@]12O3. The van der Waals surface area contributed by atoms with Crippen LogP contribution in [-0.2, 0) is 19.1 Å². The van der Waals surface area contributed by atoms with Crippen LogP contribution in [0.4, 0.5) is 10.1 Å². The summed E-state index contributed by atoms with van der Waals surface area (Å²) in [6, 6.07) is 12.1. The molecule has 2 aromatic carbocycles. The smallest absolute Gasteiger partial charge is 0.246 e. The quantitative estimate of drug-likeness (QED) is 0.457. The number of halogens is 2. The fraction of sp³-hybridized carbons (Fsp3) is 0.469. The molecule has 9 heteroatoms. The average Bonchev–Trinajstić information content (AvgIpc) is 3.60. The molecule has 3 fully saturated rings. The highest BCUT2D eigenvalue weighted by molar-refractivity contribution is 6.31. The topological polar surface area (TPSA) is 87.7 Å². The van der Waals surface area contributed by atoms with Crippen LogP contribution in [0.25, 0.3) is 0 Å². The molecule has 6 rings (SSSR count). The lowest BCUT2D eigenvalue weighted by Crippen LogP contribution is -2.58. The van der Waals surface area contributed by atoms with Gasteiger partial charge in [-0.2, -0.15) is 0 Å². The van der Waals surface area contributed by atoms with E-state index >= 15 is 0 Å². The molecule has 0 aromatic heterocycles. The predicted molar refractivity (Wildman–Crippen MR) is 153 cm³/mol. The highest BCUT2D eigenvalue weighted by Gasteiger charge is 2.73. The van der Waals surface area contributed by atoms with Gasteiger partial charge in [-0.15, -0.1) is 0 Å². The molecule has 3 aliphatic heterocycles. The molecular formula is C32H35ClFN3O4. The number of benzene rings is 2. The molecular weight excluding hydrogens is 545 g/mol. The zero-order valence-electron chi connectivity index (χ0n) is 23.3. The molecule has 1 saturated carbocycles. The molecule has 2 bridgehead atoms. The van der Waals surface area contributed by atoms with E-state index in [1.54, 1.807) is 11.0 Å². The first-order valence-corrected chi connectivity index (χ1v) is 14.8. The summed E-state index contributed by atoms with van der Waals surface area (Å²) < 4.78 is 20.2. The highest BCUT2D eigenvalue weighted by Crippen LogP contribution is 2.57. The zero-order chi connectivity index (χ0) is 29.1. The van der Waals surface area contributed by atoms with Gasteiger partial charge >= 0.3 is 0 Å². The van der Waals surface area contributed by atoms with Crippen molar-refractivity contribution in [2.45, 2.75) is 69.9 Å². The van der Waals surface area contributed by atoms with Crippen LogP contribution in [0, 0.1) is 29.5 Å². The van der Waals surface area contributed by atoms with E-state index < -0.39 is 47.3 Å². The van der Waals surface area contributed by atoms with E-state index in [4.69, 9.17) is 16.3 Å². The summed E-state index contributed by atoms with van der Waals surface area (Å²) in [5.74, 6) is -2.56. The first kappa shape index (κ1) is 27.9. The van der Waals surface area contributed by atoms with Crippen LogP contribution >= 0.6 is 11.6 Å². The van der Waals surface area contributed by atoms with Crippen molar-refractivity contribution in [1.82, 2.24) is 10.2 Å². The zero-order valence-corrected chi connectivity index (χ0v) is 24.1. The number of carbonyl (C=O) groups is 3. The monoisotopic (exact) mass is 579 g/mol. The van der Waals surface area contributed by atoms with Crippen molar-refractivity contribution in [3.8, 4) is 0 Å². The van der Waals surface area contributed by atoms with Gasteiger partial charge in [0, 0.05) is 11.7 Å². The molecule has 4 aliphatic rings. The Labute approximate surface area is 244 Å². The third-order valence-corrected chi connectivity index (χ3v) is 10.1. The average molecular weight is 580 g/mol. The molecule has 3 heterocycles. The van der Waals surface area contributed by atoms with Gasteiger partial charge in [0.15, 0.2) is 0 Å². The van der Waals surface area contributed by atoms with E-state index in [2.05, 4.69) is 24.5 Å². The second-order valence-electron chi connectivity index (χ2n) is 12.0. The van der Waals surface area contributed by atoms with E-state index in [-0.39, 0.29) is 22.9 Å². The molecule has 7 nitrogen and oxygen atoms in total. The molecule has 1 spiro atoms. The summed E-state index contributed by atoms with van der Waals surface area (Å²) in [4.78, 5) is 43.9. The number of hydrogen-bond donors (Lipinski definition) is 2. The highest BCUT2D eigenvalue weighted by atomic mass is 35.5. The van der Waals surface area contributed by atoms with Crippen molar-refractivity contribution < 1.29 is 23.5 Å². The molecule has 2 aromatic rings. The minimum absolute atomic E-state index is 0.00409. The maximum atomic E-state index is 14.4. The van der Waals surface area contributed by atoms with E-state index in [9.17, 15) is 18.8 Å². The molecule has 9 atom stereocenters. The molecule has 41 heavy (non-hydrogen) atoms. The lowest BCUT2D eigenvalue weighted by molar-refractivity contribution is -0.144. The second-order valence-corrected chi connectivity index (χ2v) is 12.4. The van der Waals surface area contributed by atoms with Gasteiger partial charge in [-0.05, 0) is 48.9 Å². The third-order valence-electron chi connectivity index (χ3n) is 9.78. The lowest BCUT2D eigenvalue weighted by atomic mass is 9.73. The van der Waals surface area contributed by atoms with E-state index in [1.165, 1.54) is 18.2 Å². The van der Waals surface area contributed by atoms with E-state index in [0.29, 0.717) is 17.5 Å². The Kier molecular flexibility index (Phi) is 7.19. The Balaban J connectivity index is 1.35. The van der Waals surface area contributed by atoms with Crippen molar-refractivity contribution in [2.24, 2.45) is 23.7 Å². The Morgan fingerprint density at radius 3 is 2.61 bits per heavy atom. The maximum Gasteiger partial charge on any atom is 0.246 e. The Bertz CT molecular complexity index is 1400. The van der Waals surface area contributed by atoms with Crippen LogP contribution < -0.4 is 10.6 Å². The summed E-state index contributed by atoms with van der Waals surface area (Å²) in [7, 11) is 0. The van der Waals surface area contributed by atoms with Crippen LogP contribution in [-0.4, -0.2) is 46.4 Å². The first-order valence-electron chi connectivity index (χ1n) is 14.4. The molecule has 2 N–H and O–H groups in total. The van der Waals surface area contributed by atoms with Crippen LogP contribution in [0.5, 0.6) is 0 Å². The Morgan fingerprint density at radius 2 is 1.88 bits per heavy atom. The summed E-state index contributed by atoms with van der Waals surface area (Å²) in [6.07, 6.45) is 5.97. The first-order chi connectivity index (χ1) is 19.6. The van der Waals surface area contributed by atoms with Crippen molar-refractivity contribution in [2.75, 3.05) is 5.32 Å². The number of fused-ring (bicyclic) bond motifs is 1. The maximum absolute atomic E-state index is 14.4. The summed E-state index contributed by atoms with van der Waals surface area (Å²) in [6.45, 7) is 6.28. The number of rotatable bonds is 6. The number of likely N-dealkylation sites (tertiary alicyclic amines) is 1. The fourth-order valence-electron chi connectivity index (χ4n) is 7.36. The minimum atomic E-state index is -1.28. The third kappa shape index (κ3) is 4.56. The lowest BCUT2D eigenvalue weighted by Gasteiger charge is -2.39. The molecule has 216 valence electrons. The minimum Gasteiger partial charge on any atom is -0.359 e. The Hall–Kier alpha value is -3.23. The van der Waals surface area contributed by atoms with Crippen molar-refractivity contribution in [3.63, 3.8) is 0 Å². The van der Waals surface area contributed by atoms with Gasteiger partial charge in [-0.1, -0.05) is 80.8 Å². The Morgan fingerprint density at radius 1 is 1.12 bits per heavy atom. The predicted octanol–water partition coefficient (Wildman–Crippen LogP) is 5.27.